The second-order valence-corrected chi connectivity index (χ2v) is 31.7. The van der Waals surface area contributed by atoms with Crippen molar-refractivity contribution in [3.05, 3.63) is 85.1 Å². The highest BCUT2D eigenvalue weighted by atomic mass is 31.2. The molecular weight excluding hydrogens is 1240 g/mol. The largest absolute Gasteiger partial charge is 0.472 e. The Kier molecular flexibility index (Phi) is 77.1. The third-order valence-corrected chi connectivity index (χ3v) is 20.2. The number of hydrogen-bond acceptors (Lipinski definition) is 7. The molecule has 0 aliphatic heterocycles. The first-order valence-corrected chi connectivity index (χ1v) is 44.3. The Balaban J connectivity index is 3.90. The minimum Gasteiger partial charge on any atom is -0.462 e. The van der Waals surface area contributed by atoms with Crippen LogP contribution < -0.4 is 0 Å². The first-order chi connectivity index (χ1) is 48.5. The van der Waals surface area contributed by atoms with Crippen molar-refractivity contribution in [1.82, 2.24) is 0 Å². The molecule has 0 radical (unpaired) electrons. The van der Waals surface area contributed by atoms with E-state index in [4.69, 9.17) is 18.5 Å². The molecule has 9 nitrogen and oxygen atoms in total. The summed E-state index contributed by atoms with van der Waals surface area (Å²) in [5.41, 5.74) is 0. The normalized spacial score (nSPS) is 13.4. The maximum Gasteiger partial charge on any atom is 0.472 e. The van der Waals surface area contributed by atoms with Crippen molar-refractivity contribution >= 4 is 19.8 Å². The number of carbonyl (C=O) groups is 2. The zero-order valence-electron chi connectivity index (χ0n) is 66.2. The lowest BCUT2D eigenvalue weighted by Crippen LogP contribution is -2.37. The van der Waals surface area contributed by atoms with Crippen molar-refractivity contribution < 1.29 is 42.1 Å². The smallest absolute Gasteiger partial charge is 0.462 e. The molecular formula is C89H165NO8P+. The van der Waals surface area contributed by atoms with Crippen LogP contribution in [0, 0.1) is 0 Å². The van der Waals surface area contributed by atoms with Crippen LogP contribution in [-0.2, 0) is 32.7 Å². The average molecular weight is 1410 g/mol. The molecule has 0 bridgehead atoms. The van der Waals surface area contributed by atoms with Gasteiger partial charge in [-0.15, -0.1) is 0 Å². The Bertz CT molecular complexity index is 1950. The highest BCUT2D eigenvalue weighted by Crippen LogP contribution is 2.43. The minimum atomic E-state index is -4.40. The Morgan fingerprint density at radius 1 is 0.323 bits per heavy atom. The number of rotatable bonds is 80. The van der Waals surface area contributed by atoms with Crippen LogP contribution >= 0.6 is 7.82 Å². The summed E-state index contributed by atoms with van der Waals surface area (Å²) in [5, 5.41) is 0. The van der Waals surface area contributed by atoms with Crippen LogP contribution in [0.4, 0.5) is 0 Å². The molecule has 0 aromatic heterocycles. The van der Waals surface area contributed by atoms with Gasteiger partial charge in [-0.05, 0) is 70.6 Å². The molecule has 0 saturated carbocycles. The van der Waals surface area contributed by atoms with Gasteiger partial charge >= 0.3 is 19.8 Å². The number of esters is 2. The van der Waals surface area contributed by atoms with Gasteiger partial charge in [0.1, 0.15) is 19.8 Å². The summed E-state index contributed by atoms with van der Waals surface area (Å²) >= 11 is 0. The Labute approximate surface area is 615 Å². The molecule has 0 amide bonds. The maximum atomic E-state index is 12.9. The number of nitrogens with zero attached hydrogens (tertiary/aromatic N) is 1. The number of quaternary nitrogens is 1. The summed E-state index contributed by atoms with van der Waals surface area (Å²) in [7, 11) is 1.49. The third kappa shape index (κ3) is 84.0. The van der Waals surface area contributed by atoms with Gasteiger partial charge in [-0.3, -0.25) is 18.6 Å². The Hall–Kier alpha value is -2.81. The number of ether oxygens (including phenoxy) is 2. The molecule has 0 rings (SSSR count). The van der Waals surface area contributed by atoms with Gasteiger partial charge < -0.3 is 18.9 Å². The number of allylic oxidation sites excluding steroid dienone is 14. The molecule has 1 N–H and O–H groups in total. The number of hydrogen-bond donors (Lipinski definition) is 1. The van der Waals surface area contributed by atoms with E-state index in [1.807, 2.05) is 21.1 Å². The topological polar surface area (TPSA) is 108 Å². The van der Waals surface area contributed by atoms with Gasteiger partial charge in [0.05, 0.1) is 27.7 Å². The standard InChI is InChI=1S/C89H164NO8P/c1-6-8-10-12-14-16-18-20-22-24-26-28-30-32-34-36-38-40-42-43-44-45-46-48-49-51-53-55-57-59-61-63-65-67-69-71-73-75-77-79-81-88(91)95-85-87(86-97-99(93,94)96-84-83-90(3,4)5)98-89(92)82-80-78-76-74-72-70-68-66-64-62-60-58-56-54-52-50-47-41-39-37-35-33-31-29-27-25-23-21-19-17-15-13-11-9-7-2/h9,11,15,17,21,23,27,29,33,35,39,41,50,52,87H,6-8,10,12-14,16,18-20,22,24-26,28,30-32,34,36-38,40,42-49,51,53-86H2,1-5H3/p+1/b11-9-,17-15-,23-21-,29-27-,35-33-,41-39-,52-50-. The van der Waals surface area contributed by atoms with E-state index in [0.717, 1.165) is 83.5 Å². The average Bonchev–Trinajstić information content (AvgIpc) is 1.06. The number of likely N-dealkylation sites (N-methyl/N-ethyl adjacent to an activating group) is 1. The van der Waals surface area contributed by atoms with Gasteiger partial charge in [-0.1, -0.05) is 420 Å². The fourth-order valence-electron chi connectivity index (χ4n) is 12.7. The van der Waals surface area contributed by atoms with Crippen molar-refractivity contribution in [2.45, 2.75) is 424 Å². The van der Waals surface area contributed by atoms with Crippen molar-refractivity contribution in [3.63, 3.8) is 0 Å². The fourth-order valence-corrected chi connectivity index (χ4v) is 13.5. The van der Waals surface area contributed by atoms with Gasteiger partial charge in [-0.25, -0.2) is 4.57 Å². The molecule has 578 valence electrons. The van der Waals surface area contributed by atoms with Crippen LogP contribution in [0.5, 0.6) is 0 Å². The van der Waals surface area contributed by atoms with Crippen LogP contribution in [-0.4, -0.2) is 74.9 Å². The summed E-state index contributed by atoms with van der Waals surface area (Å²) in [6.45, 7) is 4.38. The minimum absolute atomic E-state index is 0.0311. The molecule has 0 aliphatic carbocycles. The van der Waals surface area contributed by atoms with Crippen LogP contribution in [0.15, 0.2) is 85.1 Å². The monoisotopic (exact) mass is 1410 g/mol. The van der Waals surface area contributed by atoms with Crippen LogP contribution in [0.2, 0.25) is 0 Å². The maximum absolute atomic E-state index is 12.9. The Morgan fingerprint density at radius 2 is 0.576 bits per heavy atom. The SMILES string of the molecule is CC/C=C\C/C=C\C/C=C\C/C=C\C/C=C\C/C=C\C/C=C\CCCCCCCCCCCCCCCC(=O)OC(COC(=O)CCCCCCCCCCCCCCCCCCCCCCCCCCCCCCCCCCCCCCCCCC)COP(=O)(O)OCC[N+](C)(C)C. The zero-order valence-corrected chi connectivity index (χ0v) is 67.1. The van der Waals surface area contributed by atoms with Gasteiger partial charge in [-0.2, -0.15) is 0 Å². The summed E-state index contributed by atoms with van der Waals surface area (Å²) in [4.78, 5) is 36.0. The van der Waals surface area contributed by atoms with E-state index in [9.17, 15) is 19.0 Å². The van der Waals surface area contributed by atoms with Crippen molar-refractivity contribution in [1.29, 1.82) is 0 Å². The first kappa shape index (κ1) is 96.2. The van der Waals surface area contributed by atoms with Crippen LogP contribution in [0.25, 0.3) is 0 Å². The summed E-state index contributed by atoms with van der Waals surface area (Å²) < 4.78 is 34.9. The lowest BCUT2D eigenvalue weighted by molar-refractivity contribution is -0.870. The third-order valence-electron chi connectivity index (χ3n) is 19.2. The van der Waals surface area contributed by atoms with E-state index in [1.165, 1.54) is 302 Å². The van der Waals surface area contributed by atoms with Gasteiger partial charge in [0.2, 0.25) is 0 Å². The molecule has 10 heteroatoms. The molecule has 0 saturated heterocycles. The lowest BCUT2D eigenvalue weighted by Gasteiger charge is -2.24. The van der Waals surface area contributed by atoms with Gasteiger partial charge in [0.15, 0.2) is 6.10 Å². The Morgan fingerprint density at radius 3 is 0.859 bits per heavy atom. The predicted molar refractivity (Wildman–Crippen MR) is 432 cm³/mol. The van der Waals surface area contributed by atoms with E-state index >= 15 is 0 Å². The molecule has 0 aliphatic rings. The molecule has 99 heavy (non-hydrogen) atoms. The van der Waals surface area contributed by atoms with Gasteiger partial charge in [0, 0.05) is 12.8 Å². The summed E-state index contributed by atoms with van der Waals surface area (Å²) in [6.07, 6.45) is 110. The second kappa shape index (κ2) is 79.3. The van der Waals surface area contributed by atoms with Gasteiger partial charge in [0.25, 0.3) is 0 Å². The molecule has 2 atom stereocenters. The molecule has 0 fully saturated rings. The van der Waals surface area contributed by atoms with E-state index in [1.54, 1.807) is 0 Å². The zero-order chi connectivity index (χ0) is 71.8. The highest BCUT2D eigenvalue weighted by molar-refractivity contribution is 7.47. The van der Waals surface area contributed by atoms with Crippen molar-refractivity contribution in [2.75, 3.05) is 47.5 Å². The van der Waals surface area contributed by atoms with E-state index < -0.39 is 26.5 Å². The molecule has 0 aromatic carbocycles. The second-order valence-electron chi connectivity index (χ2n) is 30.2. The van der Waals surface area contributed by atoms with Crippen molar-refractivity contribution in [2.24, 2.45) is 0 Å². The van der Waals surface area contributed by atoms with Crippen LogP contribution in [0.1, 0.15) is 418 Å². The number of carbonyl (C=O) groups excluding carboxylic acids is 2. The van der Waals surface area contributed by atoms with E-state index in [-0.39, 0.29) is 25.6 Å². The lowest BCUT2D eigenvalue weighted by atomic mass is 10.0. The summed E-state index contributed by atoms with van der Waals surface area (Å²) in [6, 6.07) is 0. The molecule has 0 spiro atoms. The number of phosphoric acid groups is 1. The molecule has 2 unspecified atom stereocenters. The first-order valence-electron chi connectivity index (χ1n) is 42.8. The van der Waals surface area contributed by atoms with E-state index in [2.05, 4.69) is 98.9 Å². The van der Waals surface area contributed by atoms with E-state index in [0.29, 0.717) is 23.9 Å². The van der Waals surface area contributed by atoms with Crippen molar-refractivity contribution in [3.8, 4) is 0 Å². The fraction of sp³-hybridized carbons (Fsp3) is 0.820. The number of unbranched alkanes of at least 4 members (excludes halogenated alkanes) is 52. The molecule has 0 aromatic rings. The molecule has 0 heterocycles. The number of phosphoric ester groups is 1. The summed E-state index contributed by atoms with van der Waals surface area (Å²) in [5.74, 6) is -0.781. The quantitative estimate of drug-likeness (QED) is 0.0211. The highest BCUT2D eigenvalue weighted by Gasteiger charge is 2.27. The predicted octanol–water partition coefficient (Wildman–Crippen LogP) is 28.8. The van der Waals surface area contributed by atoms with Crippen LogP contribution in [0.3, 0.4) is 0 Å².